The lowest BCUT2D eigenvalue weighted by atomic mass is 10.2. The number of aliphatic carboxylic acids is 1. The predicted octanol–water partition coefficient (Wildman–Crippen LogP) is -1.19. The van der Waals surface area contributed by atoms with Crippen LogP contribution in [0.2, 0.25) is 0 Å². The second kappa shape index (κ2) is 4.19. The van der Waals surface area contributed by atoms with Crippen molar-refractivity contribution in [2.75, 3.05) is 13.1 Å². The standard InChI is InChI=1S/C8H12N2O4/c1-5-8(14)9-6(11)4-10(5)3-2-7(12)13/h5H,2-4H2,1H3,(H,12,13)(H,9,11,14). The fourth-order valence-electron chi connectivity index (χ4n) is 1.28. The zero-order chi connectivity index (χ0) is 10.7. The van der Waals surface area contributed by atoms with Crippen LogP contribution in [0.3, 0.4) is 0 Å². The van der Waals surface area contributed by atoms with E-state index in [0.29, 0.717) is 0 Å². The Labute approximate surface area is 80.9 Å². The zero-order valence-electron chi connectivity index (χ0n) is 7.82. The van der Waals surface area contributed by atoms with E-state index in [1.54, 1.807) is 11.8 Å². The van der Waals surface area contributed by atoms with E-state index in [-0.39, 0.29) is 31.3 Å². The quantitative estimate of drug-likeness (QED) is 0.559. The topological polar surface area (TPSA) is 86.7 Å². The van der Waals surface area contributed by atoms with E-state index in [4.69, 9.17) is 5.11 Å². The number of amides is 2. The first-order valence-electron chi connectivity index (χ1n) is 4.30. The summed E-state index contributed by atoms with van der Waals surface area (Å²) in [6, 6.07) is -0.438. The minimum atomic E-state index is -0.935. The van der Waals surface area contributed by atoms with Crippen molar-refractivity contribution in [3.63, 3.8) is 0 Å². The van der Waals surface area contributed by atoms with Crippen molar-refractivity contribution in [1.82, 2.24) is 10.2 Å². The molecule has 1 heterocycles. The van der Waals surface area contributed by atoms with Gasteiger partial charge in [0.05, 0.1) is 19.0 Å². The molecule has 0 aromatic carbocycles. The number of rotatable bonds is 3. The van der Waals surface area contributed by atoms with Crippen molar-refractivity contribution in [2.45, 2.75) is 19.4 Å². The first-order valence-corrected chi connectivity index (χ1v) is 4.30. The molecule has 0 aliphatic carbocycles. The van der Waals surface area contributed by atoms with Gasteiger partial charge in [-0.25, -0.2) is 0 Å². The molecule has 14 heavy (non-hydrogen) atoms. The molecule has 0 bridgehead atoms. The van der Waals surface area contributed by atoms with Crippen LogP contribution in [0.15, 0.2) is 0 Å². The molecule has 0 radical (unpaired) electrons. The van der Waals surface area contributed by atoms with Gasteiger partial charge < -0.3 is 5.11 Å². The maximum absolute atomic E-state index is 11.1. The van der Waals surface area contributed by atoms with Gasteiger partial charge in [0.1, 0.15) is 0 Å². The minimum Gasteiger partial charge on any atom is -0.481 e. The smallest absolute Gasteiger partial charge is 0.304 e. The Morgan fingerprint density at radius 3 is 2.86 bits per heavy atom. The molecule has 1 saturated heterocycles. The number of hydrogen-bond donors (Lipinski definition) is 2. The Morgan fingerprint density at radius 2 is 2.29 bits per heavy atom. The third kappa shape index (κ3) is 2.53. The van der Waals surface area contributed by atoms with Crippen molar-refractivity contribution >= 4 is 17.8 Å². The van der Waals surface area contributed by atoms with Crippen molar-refractivity contribution in [3.8, 4) is 0 Å². The highest BCUT2D eigenvalue weighted by Gasteiger charge is 2.29. The molecule has 0 spiro atoms. The van der Waals surface area contributed by atoms with E-state index in [1.165, 1.54) is 0 Å². The third-order valence-corrected chi connectivity index (χ3v) is 2.15. The molecule has 1 aliphatic heterocycles. The average Bonchev–Trinajstić information content (AvgIpc) is 2.08. The lowest BCUT2D eigenvalue weighted by Gasteiger charge is -2.30. The van der Waals surface area contributed by atoms with E-state index in [0.717, 1.165) is 0 Å². The van der Waals surface area contributed by atoms with Gasteiger partial charge in [0.15, 0.2) is 0 Å². The number of nitrogens with zero attached hydrogens (tertiary/aromatic N) is 1. The monoisotopic (exact) mass is 200 g/mol. The van der Waals surface area contributed by atoms with Gasteiger partial charge in [-0.05, 0) is 6.92 Å². The highest BCUT2D eigenvalue weighted by Crippen LogP contribution is 2.04. The molecule has 1 rings (SSSR count). The molecule has 2 N–H and O–H groups in total. The van der Waals surface area contributed by atoms with Crippen LogP contribution in [0.5, 0.6) is 0 Å². The lowest BCUT2D eigenvalue weighted by molar-refractivity contribution is -0.143. The Bertz CT molecular complexity index is 277. The molecule has 1 unspecified atom stereocenters. The molecule has 1 fully saturated rings. The Morgan fingerprint density at radius 1 is 1.64 bits per heavy atom. The normalized spacial score (nSPS) is 23.4. The number of carbonyl (C=O) groups excluding carboxylic acids is 2. The average molecular weight is 200 g/mol. The molecule has 6 nitrogen and oxygen atoms in total. The van der Waals surface area contributed by atoms with Gasteiger partial charge in [-0.15, -0.1) is 0 Å². The van der Waals surface area contributed by atoms with Gasteiger partial charge in [0.25, 0.3) is 0 Å². The summed E-state index contributed by atoms with van der Waals surface area (Å²) in [5, 5.41) is 10.6. The van der Waals surface area contributed by atoms with Gasteiger partial charge in [-0.1, -0.05) is 0 Å². The van der Waals surface area contributed by atoms with Gasteiger partial charge in [0.2, 0.25) is 11.8 Å². The fourth-order valence-corrected chi connectivity index (χ4v) is 1.28. The summed E-state index contributed by atoms with van der Waals surface area (Å²) in [5.41, 5.74) is 0. The Kier molecular flexibility index (Phi) is 3.19. The summed E-state index contributed by atoms with van der Waals surface area (Å²) in [7, 11) is 0. The summed E-state index contributed by atoms with van der Waals surface area (Å²) in [6.45, 7) is 1.94. The molecule has 0 aromatic heterocycles. The van der Waals surface area contributed by atoms with E-state index in [2.05, 4.69) is 5.32 Å². The summed E-state index contributed by atoms with van der Waals surface area (Å²) in [5.74, 6) is -1.68. The van der Waals surface area contributed by atoms with E-state index in [1.807, 2.05) is 0 Å². The molecule has 1 aliphatic rings. The van der Waals surface area contributed by atoms with Crippen molar-refractivity contribution in [1.29, 1.82) is 0 Å². The summed E-state index contributed by atoms with van der Waals surface area (Å²) >= 11 is 0. The predicted molar refractivity (Wildman–Crippen MR) is 46.4 cm³/mol. The summed E-state index contributed by atoms with van der Waals surface area (Å²) in [6.07, 6.45) is -0.0646. The van der Waals surface area contributed by atoms with Crippen LogP contribution in [0.4, 0.5) is 0 Å². The van der Waals surface area contributed by atoms with E-state index in [9.17, 15) is 14.4 Å². The fraction of sp³-hybridized carbons (Fsp3) is 0.625. The molecular formula is C8H12N2O4. The lowest BCUT2D eigenvalue weighted by Crippen LogP contribution is -2.57. The van der Waals surface area contributed by atoms with Crippen molar-refractivity contribution in [3.05, 3.63) is 0 Å². The molecule has 6 heteroatoms. The Hall–Kier alpha value is -1.43. The summed E-state index contributed by atoms with van der Waals surface area (Å²) < 4.78 is 0. The van der Waals surface area contributed by atoms with Crippen LogP contribution < -0.4 is 5.32 Å². The number of carboxylic acids is 1. The van der Waals surface area contributed by atoms with Crippen molar-refractivity contribution in [2.24, 2.45) is 0 Å². The first kappa shape index (κ1) is 10.6. The van der Waals surface area contributed by atoms with Crippen LogP contribution in [0.1, 0.15) is 13.3 Å². The van der Waals surface area contributed by atoms with Crippen LogP contribution in [0.25, 0.3) is 0 Å². The number of hydrogen-bond acceptors (Lipinski definition) is 4. The SMILES string of the molecule is CC1C(=O)NC(=O)CN1CCC(=O)O. The molecule has 1 atom stereocenters. The van der Waals surface area contributed by atoms with E-state index < -0.39 is 12.0 Å². The van der Waals surface area contributed by atoms with Crippen LogP contribution in [-0.2, 0) is 14.4 Å². The molecule has 2 amide bonds. The van der Waals surface area contributed by atoms with Gasteiger partial charge in [-0.3, -0.25) is 24.6 Å². The maximum Gasteiger partial charge on any atom is 0.304 e. The van der Waals surface area contributed by atoms with Crippen LogP contribution in [0, 0.1) is 0 Å². The molecule has 0 aromatic rings. The number of imide groups is 1. The minimum absolute atomic E-state index is 0.0646. The highest BCUT2D eigenvalue weighted by molar-refractivity contribution is 6.00. The van der Waals surface area contributed by atoms with Gasteiger partial charge in [-0.2, -0.15) is 0 Å². The largest absolute Gasteiger partial charge is 0.481 e. The molecular weight excluding hydrogens is 188 g/mol. The number of nitrogens with one attached hydrogen (secondary N) is 1. The molecule has 0 saturated carbocycles. The second-order valence-electron chi connectivity index (χ2n) is 3.20. The van der Waals surface area contributed by atoms with Crippen molar-refractivity contribution < 1.29 is 19.5 Å². The summed E-state index contributed by atoms with van der Waals surface area (Å²) in [4.78, 5) is 33.9. The highest BCUT2D eigenvalue weighted by atomic mass is 16.4. The zero-order valence-corrected chi connectivity index (χ0v) is 7.82. The number of piperazine rings is 1. The Balaban J connectivity index is 2.53. The van der Waals surface area contributed by atoms with Gasteiger partial charge in [0, 0.05) is 6.54 Å². The molecule has 78 valence electrons. The number of carboxylic acid groups (broad SMARTS) is 1. The van der Waals surface area contributed by atoms with Crippen LogP contribution in [-0.4, -0.2) is 46.9 Å². The van der Waals surface area contributed by atoms with Crippen LogP contribution >= 0.6 is 0 Å². The first-order chi connectivity index (χ1) is 6.50. The van der Waals surface area contributed by atoms with Gasteiger partial charge >= 0.3 is 5.97 Å². The number of carbonyl (C=O) groups is 3. The third-order valence-electron chi connectivity index (χ3n) is 2.15. The van der Waals surface area contributed by atoms with E-state index >= 15 is 0 Å². The maximum atomic E-state index is 11.1. The second-order valence-corrected chi connectivity index (χ2v) is 3.20.